The molecule has 2 N–H and O–H groups in total. The van der Waals surface area contributed by atoms with Gasteiger partial charge in [0.15, 0.2) is 6.61 Å². The van der Waals surface area contributed by atoms with Crippen molar-refractivity contribution in [2.24, 2.45) is 5.92 Å². The number of likely N-dealkylation sites (tertiary alicyclic amines) is 1. The van der Waals surface area contributed by atoms with E-state index in [9.17, 15) is 19.2 Å². The highest BCUT2D eigenvalue weighted by Crippen LogP contribution is 2.21. The van der Waals surface area contributed by atoms with Crippen LogP contribution in [0.25, 0.3) is 0 Å². The van der Waals surface area contributed by atoms with Crippen molar-refractivity contribution in [3.63, 3.8) is 0 Å². The van der Waals surface area contributed by atoms with E-state index < -0.39 is 30.4 Å². The van der Waals surface area contributed by atoms with Crippen molar-refractivity contribution < 1.29 is 28.3 Å². The number of amides is 4. The summed E-state index contributed by atoms with van der Waals surface area (Å²) in [5.41, 5.74) is 0. The molecule has 9 nitrogen and oxygen atoms in total. The number of carbonyl (C=O) groups is 4. The van der Waals surface area contributed by atoms with E-state index >= 15 is 0 Å². The fraction of sp³-hybridized carbons (Fsp3) is 0.529. The molecule has 1 aliphatic rings. The Kier molecular flexibility index (Phi) is 6.76. The van der Waals surface area contributed by atoms with Gasteiger partial charge in [0.25, 0.3) is 5.91 Å². The number of imide groups is 1. The third kappa shape index (κ3) is 5.61. The van der Waals surface area contributed by atoms with Crippen molar-refractivity contribution in [1.29, 1.82) is 0 Å². The summed E-state index contributed by atoms with van der Waals surface area (Å²) in [6, 6.07) is 2.75. The summed E-state index contributed by atoms with van der Waals surface area (Å²) in [5, 5.41) is 4.65. The Labute approximate surface area is 151 Å². The third-order valence-corrected chi connectivity index (χ3v) is 4.06. The summed E-state index contributed by atoms with van der Waals surface area (Å²) in [5.74, 6) is -1.56. The molecule has 0 saturated carbocycles. The molecule has 1 aromatic heterocycles. The van der Waals surface area contributed by atoms with Crippen LogP contribution in [0.5, 0.6) is 0 Å². The fourth-order valence-electron chi connectivity index (χ4n) is 2.45. The Morgan fingerprint density at radius 2 is 2.19 bits per heavy atom. The van der Waals surface area contributed by atoms with Crippen molar-refractivity contribution in [3.05, 3.63) is 24.2 Å². The van der Waals surface area contributed by atoms with Crippen LogP contribution in [0.4, 0.5) is 4.79 Å². The van der Waals surface area contributed by atoms with Gasteiger partial charge in [-0.15, -0.1) is 0 Å². The summed E-state index contributed by atoms with van der Waals surface area (Å²) < 4.78 is 10.1. The zero-order valence-electron chi connectivity index (χ0n) is 14.8. The second-order valence-corrected chi connectivity index (χ2v) is 6.19. The normalized spacial score (nSPS) is 17.7. The molecule has 4 amide bonds. The van der Waals surface area contributed by atoms with Crippen LogP contribution in [0, 0.1) is 5.92 Å². The minimum atomic E-state index is -0.726. The highest BCUT2D eigenvalue weighted by Gasteiger charge is 2.35. The maximum Gasteiger partial charge on any atom is 0.321 e. The van der Waals surface area contributed by atoms with E-state index in [0.29, 0.717) is 5.76 Å². The molecule has 0 bridgehead atoms. The van der Waals surface area contributed by atoms with Crippen LogP contribution in [0.2, 0.25) is 0 Å². The molecule has 2 atom stereocenters. The molecule has 1 aliphatic heterocycles. The molecule has 2 heterocycles. The molecular weight excluding hydrogens is 342 g/mol. The van der Waals surface area contributed by atoms with E-state index in [1.807, 2.05) is 6.92 Å². The third-order valence-electron chi connectivity index (χ3n) is 4.06. The van der Waals surface area contributed by atoms with E-state index in [1.165, 1.54) is 11.2 Å². The van der Waals surface area contributed by atoms with Crippen LogP contribution in [0.1, 0.15) is 32.4 Å². The predicted octanol–water partition coefficient (Wildman–Crippen LogP) is 0.796. The SMILES string of the molecule is CC[C@@H](C)NC(=O)NC(=O)COC(=O)[C@H]1CC(=O)N(Cc2ccco2)C1. The molecule has 0 aromatic carbocycles. The topological polar surface area (TPSA) is 118 Å². The van der Waals surface area contributed by atoms with E-state index in [-0.39, 0.29) is 31.5 Å². The van der Waals surface area contributed by atoms with Crippen molar-refractivity contribution in [3.8, 4) is 0 Å². The number of hydrogen-bond donors (Lipinski definition) is 2. The Balaban J connectivity index is 1.73. The number of urea groups is 1. The summed E-state index contributed by atoms with van der Waals surface area (Å²) in [7, 11) is 0. The first-order valence-electron chi connectivity index (χ1n) is 8.46. The van der Waals surface area contributed by atoms with Gasteiger partial charge in [-0.25, -0.2) is 4.79 Å². The lowest BCUT2D eigenvalue weighted by atomic mass is 10.1. The van der Waals surface area contributed by atoms with Crippen LogP contribution in [-0.4, -0.2) is 47.9 Å². The Morgan fingerprint density at radius 3 is 2.85 bits per heavy atom. The lowest BCUT2D eigenvalue weighted by molar-refractivity contribution is -0.152. The minimum absolute atomic E-state index is 0.0235. The highest BCUT2D eigenvalue weighted by molar-refractivity contribution is 5.96. The van der Waals surface area contributed by atoms with E-state index in [0.717, 1.165) is 6.42 Å². The van der Waals surface area contributed by atoms with Gasteiger partial charge in [-0.2, -0.15) is 0 Å². The van der Waals surface area contributed by atoms with Gasteiger partial charge < -0.3 is 19.4 Å². The second kappa shape index (κ2) is 9.02. The number of rotatable bonds is 7. The highest BCUT2D eigenvalue weighted by atomic mass is 16.5. The van der Waals surface area contributed by atoms with Gasteiger partial charge in [-0.05, 0) is 25.5 Å². The van der Waals surface area contributed by atoms with Crippen LogP contribution in [0.15, 0.2) is 22.8 Å². The summed E-state index contributed by atoms with van der Waals surface area (Å²) >= 11 is 0. The van der Waals surface area contributed by atoms with Crippen molar-refractivity contribution >= 4 is 23.8 Å². The molecule has 0 unspecified atom stereocenters. The summed E-state index contributed by atoms with van der Waals surface area (Å²) in [6.45, 7) is 3.61. The molecule has 26 heavy (non-hydrogen) atoms. The molecule has 1 aromatic rings. The number of hydrogen-bond acceptors (Lipinski definition) is 6. The first-order valence-corrected chi connectivity index (χ1v) is 8.46. The quantitative estimate of drug-likeness (QED) is 0.690. The Hall–Kier alpha value is -2.84. The molecule has 1 fully saturated rings. The first kappa shape index (κ1) is 19.5. The van der Waals surface area contributed by atoms with E-state index in [4.69, 9.17) is 9.15 Å². The van der Waals surface area contributed by atoms with Crippen molar-refractivity contribution in [1.82, 2.24) is 15.5 Å². The van der Waals surface area contributed by atoms with Crippen LogP contribution < -0.4 is 10.6 Å². The van der Waals surface area contributed by atoms with E-state index in [2.05, 4.69) is 10.6 Å². The summed E-state index contributed by atoms with van der Waals surface area (Å²) in [4.78, 5) is 48.7. The van der Waals surface area contributed by atoms with Gasteiger partial charge in [0.2, 0.25) is 5.91 Å². The molecule has 0 aliphatic carbocycles. The Bertz CT molecular complexity index is 657. The standard InChI is InChI=1S/C17H23N3O6/c1-3-11(2)18-17(24)19-14(21)10-26-16(23)12-7-15(22)20(8-12)9-13-5-4-6-25-13/h4-6,11-12H,3,7-10H2,1-2H3,(H2,18,19,21,24)/t11-,12+/m1/s1. The maximum atomic E-state index is 12.0. The number of furan rings is 1. The fourth-order valence-corrected chi connectivity index (χ4v) is 2.45. The van der Waals surface area contributed by atoms with Gasteiger partial charge in [0, 0.05) is 19.0 Å². The minimum Gasteiger partial charge on any atom is -0.467 e. The van der Waals surface area contributed by atoms with E-state index in [1.54, 1.807) is 19.1 Å². The molecule has 1 saturated heterocycles. The molecule has 0 radical (unpaired) electrons. The van der Waals surface area contributed by atoms with Crippen molar-refractivity contribution in [2.45, 2.75) is 39.3 Å². The molecule has 142 valence electrons. The van der Waals surface area contributed by atoms with Crippen LogP contribution in [-0.2, 0) is 25.7 Å². The van der Waals surface area contributed by atoms with Gasteiger partial charge in [-0.1, -0.05) is 6.92 Å². The average Bonchev–Trinajstić information content (AvgIpc) is 3.23. The zero-order valence-corrected chi connectivity index (χ0v) is 14.8. The number of ether oxygens (including phenoxy) is 1. The largest absolute Gasteiger partial charge is 0.467 e. The smallest absolute Gasteiger partial charge is 0.321 e. The molecule has 9 heteroatoms. The number of carbonyl (C=O) groups excluding carboxylic acids is 4. The summed E-state index contributed by atoms with van der Waals surface area (Å²) in [6.07, 6.45) is 2.26. The second-order valence-electron chi connectivity index (χ2n) is 6.19. The van der Waals surface area contributed by atoms with Gasteiger partial charge in [-0.3, -0.25) is 19.7 Å². The lowest BCUT2D eigenvalue weighted by Gasteiger charge is -2.15. The predicted molar refractivity (Wildman–Crippen MR) is 89.6 cm³/mol. The number of esters is 1. The van der Waals surface area contributed by atoms with Gasteiger partial charge in [0.1, 0.15) is 5.76 Å². The molecule has 0 spiro atoms. The van der Waals surface area contributed by atoms with Crippen LogP contribution >= 0.6 is 0 Å². The first-order chi connectivity index (χ1) is 12.4. The average molecular weight is 365 g/mol. The Morgan fingerprint density at radius 1 is 1.42 bits per heavy atom. The number of nitrogens with zero attached hydrogens (tertiary/aromatic N) is 1. The zero-order chi connectivity index (χ0) is 19.1. The van der Waals surface area contributed by atoms with Gasteiger partial charge >= 0.3 is 12.0 Å². The monoisotopic (exact) mass is 365 g/mol. The van der Waals surface area contributed by atoms with Gasteiger partial charge in [0.05, 0.1) is 18.7 Å². The number of nitrogens with one attached hydrogen (secondary N) is 2. The molecular formula is C17H23N3O6. The molecule has 2 rings (SSSR count). The van der Waals surface area contributed by atoms with Crippen LogP contribution in [0.3, 0.4) is 0 Å². The maximum absolute atomic E-state index is 12.0. The van der Waals surface area contributed by atoms with Crippen molar-refractivity contribution in [2.75, 3.05) is 13.2 Å². The lowest BCUT2D eigenvalue weighted by Crippen LogP contribution is -2.44.